The molecular weight excluding hydrogens is 296 g/mol. The van der Waals surface area contributed by atoms with Crippen molar-refractivity contribution in [1.82, 2.24) is 10.0 Å². The van der Waals surface area contributed by atoms with E-state index in [2.05, 4.69) is 17.0 Å². The van der Waals surface area contributed by atoms with E-state index in [1.54, 1.807) is 32.4 Å². The summed E-state index contributed by atoms with van der Waals surface area (Å²) in [5.74, 6) is 0. The number of sulfonamides is 1. The van der Waals surface area contributed by atoms with E-state index < -0.39 is 15.6 Å². The zero-order valence-corrected chi connectivity index (χ0v) is 14.2. The van der Waals surface area contributed by atoms with Crippen LogP contribution in [-0.4, -0.2) is 34.2 Å². The highest BCUT2D eigenvalue weighted by atomic mass is 32.2. The Balaban J connectivity index is 2.73. The molecule has 20 heavy (non-hydrogen) atoms. The molecule has 0 aliphatic carbocycles. The Labute approximate surface area is 125 Å². The fraction of sp³-hybridized carbons (Fsp3) is 0.692. The van der Waals surface area contributed by atoms with Crippen LogP contribution in [0.5, 0.6) is 0 Å². The molecule has 0 radical (unpaired) electrons. The predicted molar refractivity (Wildman–Crippen MR) is 82.6 cm³/mol. The molecule has 0 saturated heterocycles. The van der Waals surface area contributed by atoms with Gasteiger partial charge in [-0.05, 0) is 32.9 Å². The van der Waals surface area contributed by atoms with E-state index in [0.717, 1.165) is 17.8 Å². The fourth-order valence-electron chi connectivity index (χ4n) is 1.80. The number of hydrogen-bond donors (Lipinski definition) is 2. The van der Waals surface area contributed by atoms with E-state index in [1.807, 2.05) is 0 Å². The molecule has 7 heteroatoms. The standard InChI is InChI=1S/C13H24N2O3S2/c1-5-6-14-8-11-7-12(9-19-11)20(16,17)15-13(2,3)10-18-4/h7,9,14-15H,5-6,8,10H2,1-4H3. The summed E-state index contributed by atoms with van der Waals surface area (Å²) >= 11 is 1.45. The largest absolute Gasteiger partial charge is 0.383 e. The lowest BCUT2D eigenvalue weighted by Gasteiger charge is -2.24. The number of methoxy groups -OCH3 is 1. The predicted octanol–water partition coefficient (Wildman–Crippen LogP) is 1.95. The first-order valence-corrected chi connectivity index (χ1v) is 8.98. The lowest BCUT2D eigenvalue weighted by molar-refractivity contribution is 0.141. The van der Waals surface area contributed by atoms with E-state index in [9.17, 15) is 8.42 Å². The second kappa shape index (κ2) is 7.51. The lowest BCUT2D eigenvalue weighted by Crippen LogP contribution is -2.46. The van der Waals surface area contributed by atoms with Crippen molar-refractivity contribution < 1.29 is 13.2 Å². The van der Waals surface area contributed by atoms with Gasteiger partial charge in [-0.15, -0.1) is 11.3 Å². The summed E-state index contributed by atoms with van der Waals surface area (Å²) < 4.78 is 32.3. The average Bonchev–Trinajstić information content (AvgIpc) is 2.77. The first kappa shape index (κ1) is 17.6. The van der Waals surface area contributed by atoms with Gasteiger partial charge < -0.3 is 10.1 Å². The zero-order chi connectivity index (χ0) is 15.2. The third-order valence-corrected chi connectivity index (χ3v) is 5.35. The maximum absolute atomic E-state index is 12.3. The van der Waals surface area contributed by atoms with Gasteiger partial charge in [0.05, 0.1) is 17.0 Å². The summed E-state index contributed by atoms with van der Waals surface area (Å²) in [6.07, 6.45) is 1.06. The Hall–Kier alpha value is -0.470. The quantitative estimate of drug-likeness (QED) is 0.683. The van der Waals surface area contributed by atoms with Crippen LogP contribution in [0, 0.1) is 0 Å². The normalized spacial score (nSPS) is 12.8. The molecule has 0 saturated carbocycles. The first-order valence-electron chi connectivity index (χ1n) is 6.62. The van der Waals surface area contributed by atoms with Gasteiger partial charge in [-0.2, -0.15) is 0 Å². The molecule has 5 nitrogen and oxygen atoms in total. The van der Waals surface area contributed by atoms with Crippen molar-refractivity contribution in [1.29, 1.82) is 0 Å². The van der Waals surface area contributed by atoms with E-state index >= 15 is 0 Å². The van der Waals surface area contributed by atoms with Crippen molar-refractivity contribution >= 4 is 21.4 Å². The molecule has 1 heterocycles. The van der Waals surface area contributed by atoms with Crippen molar-refractivity contribution in [2.75, 3.05) is 20.3 Å². The number of nitrogens with one attached hydrogen (secondary N) is 2. The Morgan fingerprint density at radius 1 is 1.40 bits per heavy atom. The summed E-state index contributed by atoms with van der Waals surface area (Å²) in [6.45, 7) is 7.64. The van der Waals surface area contributed by atoms with E-state index in [1.165, 1.54) is 11.3 Å². The van der Waals surface area contributed by atoms with E-state index in [4.69, 9.17) is 4.74 Å². The van der Waals surface area contributed by atoms with Gasteiger partial charge in [0.1, 0.15) is 0 Å². The van der Waals surface area contributed by atoms with Crippen LogP contribution in [0.15, 0.2) is 16.3 Å². The van der Waals surface area contributed by atoms with Crippen molar-refractivity contribution in [3.8, 4) is 0 Å². The molecule has 1 rings (SSSR count). The highest BCUT2D eigenvalue weighted by Gasteiger charge is 2.26. The molecule has 0 bridgehead atoms. The Bertz CT molecular complexity index is 509. The fourth-order valence-corrected chi connectivity index (χ4v) is 4.44. The van der Waals surface area contributed by atoms with Gasteiger partial charge in [0.15, 0.2) is 0 Å². The monoisotopic (exact) mass is 320 g/mol. The summed E-state index contributed by atoms with van der Waals surface area (Å²) in [6, 6.07) is 1.72. The molecule has 116 valence electrons. The Morgan fingerprint density at radius 2 is 2.10 bits per heavy atom. The van der Waals surface area contributed by atoms with Gasteiger partial charge in [0.25, 0.3) is 0 Å². The van der Waals surface area contributed by atoms with E-state index in [-0.39, 0.29) is 0 Å². The van der Waals surface area contributed by atoms with Crippen LogP contribution in [-0.2, 0) is 21.3 Å². The third-order valence-electron chi connectivity index (χ3n) is 2.58. The van der Waals surface area contributed by atoms with Gasteiger partial charge in [-0.3, -0.25) is 0 Å². The molecule has 1 aromatic heterocycles. The molecule has 0 fully saturated rings. The second-order valence-electron chi connectivity index (χ2n) is 5.35. The molecule has 0 atom stereocenters. The summed E-state index contributed by atoms with van der Waals surface area (Å²) in [4.78, 5) is 1.34. The highest BCUT2D eigenvalue weighted by molar-refractivity contribution is 7.89. The molecule has 0 unspecified atom stereocenters. The third kappa shape index (κ3) is 5.49. The van der Waals surface area contributed by atoms with Gasteiger partial charge in [0.2, 0.25) is 10.0 Å². The smallest absolute Gasteiger partial charge is 0.241 e. The average molecular weight is 320 g/mol. The summed E-state index contributed by atoms with van der Waals surface area (Å²) in [5.41, 5.74) is -0.629. The first-order chi connectivity index (χ1) is 9.30. The lowest BCUT2D eigenvalue weighted by atomic mass is 10.1. The molecule has 0 aliphatic rings. The second-order valence-corrected chi connectivity index (χ2v) is 8.03. The molecule has 0 aliphatic heterocycles. The number of ether oxygens (including phenoxy) is 1. The van der Waals surface area contributed by atoms with Gasteiger partial charge in [-0.25, -0.2) is 13.1 Å². The zero-order valence-electron chi connectivity index (χ0n) is 12.5. The van der Waals surface area contributed by atoms with Crippen LogP contribution < -0.4 is 10.0 Å². The number of rotatable bonds is 9. The number of thiophene rings is 1. The maximum atomic E-state index is 12.3. The van der Waals surface area contributed by atoms with Crippen molar-refractivity contribution in [2.24, 2.45) is 0 Å². The number of hydrogen-bond acceptors (Lipinski definition) is 5. The molecule has 0 spiro atoms. The molecule has 1 aromatic rings. The van der Waals surface area contributed by atoms with Crippen molar-refractivity contribution in [3.05, 3.63) is 16.3 Å². The van der Waals surface area contributed by atoms with E-state index in [0.29, 0.717) is 18.0 Å². The Kier molecular flexibility index (Phi) is 6.60. The molecule has 0 amide bonds. The summed E-state index contributed by atoms with van der Waals surface area (Å²) in [5, 5.41) is 4.93. The van der Waals surface area contributed by atoms with Crippen LogP contribution in [0.2, 0.25) is 0 Å². The minimum atomic E-state index is -3.50. The maximum Gasteiger partial charge on any atom is 0.241 e. The van der Waals surface area contributed by atoms with Crippen LogP contribution in [0.25, 0.3) is 0 Å². The van der Waals surface area contributed by atoms with Crippen LogP contribution in [0.3, 0.4) is 0 Å². The van der Waals surface area contributed by atoms with Gasteiger partial charge in [0, 0.05) is 23.9 Å². The molecular formula is C13H24N2O3S2. The summed E-state index contributed by atoms with van der Waals surface area (Å²) in [7, 11) is -1.94. The minimum absolute atomic E-state index is 0.319. The molecule has 0 aromatic carbocycles. The van der Waals surface area contributed by atoms with Gasteiger partial charge in [-0.1, -0.05) is 6.92 Å². The topological polar surface area (TPSA) is 67.4 Å². The Morgan fingerprint density at radius 3 is 2.70 bits per heavy atom. The van der Waals surface area contributed by atoms with Crippen molar-refractivity contribution in [3.63, 3.8) is 0 Å². The highest BCUT2D eigenvalue weighted by Crippen LogP contribution is 2.20. The minimum Gasteiger partial charge on any atom is -0.383 e. The molecule has 2 N–H and O–H groups in total. The van der Waals surface area contributed by atoms with Gasteiger partial charge >= 0.3 is 0 Å². The van der Waals surface area contributed by atoms with Crippen LogP contribution >= 0.6 is 11.3 Å². The van der Waals surface area contributed by atoms with Crippen LogP contribution in [0.4, 0.5) is 0 Å². The van der Waals surface area contributed by atoms with Crippen molar-refractivity contribution in [2.45, 2.75) is 44.2 Å². The SMILES string of the molecule is CCCNCc1cc(S(=O)(=O)NC(C)(C)COC)cs1. The van der Waals surface area contributed by atoms with Crippen LogP contribution in [0.1, 0.15) is 32.1 Å².